The highest BCUT2D eigenvalue weighted by atomic mass is 16.3. The number of benzene rings is 1. The van der Waals surface area contributed by atoms with E-state index in [2.05, 4.69) is 49.0 Å². The predicted molar refractivity (Wildman–Crippen MR) is 87.7 cm³/mol. The van der Waals surface area contributed by atoms with Gasteiger partial charge in [-0.15, -0.1) is 0 Å². The Hall–Kier alpha value is -1.10. The predicted octanol–water partition coefficient (Wildman–Crippen LogP) is 2.07. The molecule has 4 nitrogen and oxygen atoms in total. The maximum absolute atomic E-state index is 9.58. The highest BCUT2D eigenvalue weighted by Crippen LogP contribution is 2.20. The zero-order valence-corrected chi connectivity index (χ0v) is 13.8. The quantitative estimate of drug-likeness (QED) is 0.871. The molecule has 0 bridgehead atoms. The molecule has 118 valence electrons. The van der Waals surface area contributed by atoms with Gasteiger partial charge >= 0.3 is 0 Å². The summed E-state index contributed by atoms with van der Waals surface area (Å²) in [5, 5.41) is 13.2. The Labute approximate surface area is 128 Å². The third-order valence-corrected chi connectivity index (χ3v) is 4.57. The van der Waals surface area contributed by atoms with Crippen LogP contribution >= 0.6 is 0 Å². The second-order valence-electron chi connectivity index (χ2n) is 6.80. The molecule has 4 heteroatoms. The van der Waals surface area contributed by atoms with Crippen LogP contribution in [0.5, 0.6) is 5.75 Å². The fourth-order valence-corrected chi connectivity index (χ4v) is 2.84. The second kappa shape index (κ2) is 6.77. The molecule has 21 heavy (non-hydrogen) atoms. The van der Waals surface area contributed by atoms with Crippen LogP contribution in [-0.2, 0) is 0 Å². The van der Waals surface area contributed by atoms with E-state index < -0.39 is 0 Å². The van der Waals surface area contributed by atoms with Crippen LogP contribution in [-0.4, -0.2) is 60.2 Å². The molecule has 0 aromatic heterocycles. The number of nitrogens with one attached hydrogen (secondary N) is 1. The molecule has 0 amide bonds. The van der Waals surface area contributed by atoms with Gasteiger partial charge < -0.3 is 15.3 Å². The zero-order chi connectivity index (χ0) is 15.5. The number of hydrogen-bond donors (Lipinski definition) is 2. The summed E-state index contributed by atoms with van der Waals surface area (Å²) >= 11 is 0. The van der Waals surface area contributed by atoms with E-state index in [0.29, 0.717) is 5.75 Å². The Morgan fingerprint density at radius 3 is 2.52 bits per heavy atom. The molecule has 1 aliphatic heterocycles. The van der Waals surface area contributed by atoms with Crippen LogP contribution in [0.4, 0.5) is 0 Å². The van der Waals surface area contributed by atoms with Gasteiger partial charge in [0.15, 0.2) is 0 Å². The van der Waals surface area contributed by atoms with E-state index in [1.807, 2.05) is 12.1 Å². The maximum Gasteiger partial charge on any atom is 0.115 e. The van der Waals surface area contributed by atoms with Crippen molar-refractivity contribution in [2.45, 2.75) is 32.4 Å². The normalized spacial score (nSPS) is 19.6. The number of phenolic OH excluding ortho intramolecular Hbond substituents is 1. The van der Waals surface area contributed by atoms with Crippen LogP contribution < -0.4 is 5.32 Å². The van der Waals surface area contributed by atoms with Gasteiger partial charge in [-0.3, -0.25) is 4.90 Å². The Bertz CT molecular complexity index is 453. The van der Waals surface area contributed by atoms with E-state index in [0.717, 1.165) is 38.3 Å². The Balaban J connectivity index is 1.89. The maximum atomic E-state index is 9.58. The molecule has 1 aliphatic rings. The van der Waals surface area contributed by atoms with Crippen molar-refractivity contribution in [1.29, 1.82) is 0 Å². The van der Waals surface area contributed by atoms with Gasteiger partial charge in [-0.1, -0.05) is 12.1 Å². The Morgan fingerprint density at radius 2 is 1.90 bits per heavy atom. The van der Waals surface area contributed by atoms with Crippen LogP contribution in [0.2, 0.25) is 0 Å². The van der Waals surface area contributed by atoms with E-state index in [1.54, 1.807) is 6.07 Å². The molecule has 1 unspecified atom stereocenters. The van der Waals surface area contributed by atoms with Gasteiger partial charge in [0.25, 0.3) is 0 Å². The first-order valence-electron chi connectivity index (χ1n) is 7.84. The molecule has 1 atom stereocenters. The SMILES string of the molecule is CC(NCC(C)(C)N1CCN(C)CC1)c1cccc(O)c1. The van der Waals surface area contributed by atoms with Crippen molar-refractivity contribution < 1.29 is 5.11 Å². The molecule has 0 saturated carbocycles. The summed E-state index contributed by atoms with van der Waals surface area (Å²) in [5.41, 5.74) is 1.27. The van der Waals surface area contributed by atoms with Gasteiger partial charge in [0.2, 0.25) is 0 Å². The first kappa shape index (κ1) is 16.3. The molecular formula is C17H29N3O. The molecular weight excluding hydrogens is 262 g/mol. The van der Waals surface area contributed by atoms with Gasteiger partial charge in [0, 0.05) is 44.3 Å². The number of piperazine rings is 1. The van der Waals surface area contributed by atoms with Gasteiger partial charge in [0.05, 0.1) is 0 Å². The van der Waals surface area contributed by atoms with Crippen LogP contribution in [0.25, 0.3) is 0 Å². The van der Waals surface area contributed by atoms with Gasteiger partial charge in [-0.25, -0.2) is 0 Å². The molecule has 2 N–H and O–H groups in total. The Morgan fingerprint density at radius 1 is 1.24 bits per heavy atom. The van der Waals surface area contributed by atoms with E-state index in [4.69, 9.17) is 0 Å². The highest BCUT2D eigenvalue weighted by Gasteiger charge is 2.29. The van der Waals surface area contributed by atoms with Crippen molar-refractivity contribution in [3.8, 4) is 5.75 Å². The summed E-state index contributed by atoms with van der Waals surface area (Å²) in [6, 6.07) is 7.74. The lowest BCUT2D eigenvalue weighted by Gasteiger charge is -2.43. The molecule has 0 spiro atoms. The van der Waals surface area contributed by atoms with Crippen LogP contribution in [0.15, 0.2) is 24.3 Å². The molecule has 1 aromatic carbocycles. The average molecular weight is 291 g/mol. The van der Waals surface area contributed by atoms with Crippen molar-refractivity contribution in [2.24, 2.45) is 0 Å². The monoisotopic (exact) mass is 291 g/mol. The fraction of sp³-hybridized carbons (Fsp3) is 0.647. The van der Waals surface area contributed by atoms with E-state index in [1.165, 1.54) is 0 Å². The lowest BCUT2D eigenvalue weighted by atomic mass is 10.00. The molecule has 1 aromatic rings. The first-order chi connectivity index (χ1) is 9.88. The van der Waals surface area contributed by atoms with E-state index >= 15 is 0 Å². The summed E-state index contributed by atoms with van der Waals surface area (Å²) in [6.07, 6.45) is 0. The minimum Gasteiger partial charge on any atom is -0.508 e. The van der Waals surface area contributed by atoms with Crippen LogP contribution in [0.3, 0.4) is 0 Å². The molecule has 1 saturated heterocycles. The molecule has 0 radical (unpaired) electrons. The summed E-state index contributed by atoms with van der Waals surface area (Å²) < 4.78 is 0. The van der Waals surface area contributed by atoms with Crippen molar-refractivity contribution >= 4 is 0 Å². The fourth-order valence-electron chi connectivity index (χ4n) is 2.84. The summed E-state index contributed by atoms with van der Waals surface area (Å²) in [7, 11) is 2.19. The first-order valence-corrected chi connectivity index (χ1v) is 7.84. The number of rotatable bonds is 5. The number of likely N-dealkylation sites (N-methyl/N-ethyl adjacent to an activating group) is 1. The largest absolute Gasteiger partial charge is 0.508 e. The van der Waals surface area contributed by atoms with E-state index in [9.17, 15) is 5.11 Å². The summed E-state index contributed by atoms with van der Waals surface area (Å²) in [6.45, 7) is 12.2. The van der Waals surface area contributed by atoms with Crippen molar-refractivity contribution in [2.75, 3.05) is 39.8 Å². The highest BCUT2D eigenvalue weighted by molar-refractivity contribution is 5.29. The smallest absolute Gasteiger partial charge is 0.115 e. The standard InChI is InChI=1S/C17H29N3O/c1-14(15-6-5-7-16(21)12-15)18-13-17(2,3)20-10-8-19(4)9-11-20/h5-7,12,14,18,21H,8-11,13H2,1-4H3. The van der Waals surface area contributed by atoms with Crippen LogP contribution in [0, 0.1) is 0 Å². The molecule has 2 rings (SSSR count). The molecule has 1 heterocycles. The lowest BCUT2D eigenvalue weighted by molar-refractivity contribution is 0.0605. The van der Waals surface area contributed by atoms with Gasteiger partial charge in [-0.05, 0) is 45.5 Å². The second-order valence-corrected chi connectivity index (χ2v) is 6.80. The van der Waals surface area contributed by atoms with Gasteiger partial charge in [0.1, 0.15) is 5.75 Å². The molecule has 1 fully saturated rings. The number of hydrogen-bond acceptors (Lipinski definition) is 4. The Kier molecular flexibility index (Phi) is 5.25. The summed E-state index contributed by atoms with van der Waals surface area (Å²) in [5.74, 6) is 0.333. The van der Waals surface area contributed by atoms with Gasteiger partial charge in [-0.2, -0.15) is 0 Å². The minimum absolute atomic E-state index is 0.145. The number of phenols is 1. The summed E-state index contributed by atoms with van der Waals surface area (Å²) in [4.78, 5) is 4.95. The third-order valence-electron chi connectivity index (χ3n) is 4.57. The van der Waals surface area contributed by atoms with E-state index in [-0.39, 0.29) is 11.6 Å². The minimum atomic E-state index is 0.145. The lowest BCUT2D eigenvalue weighted by Crippen LogP contribution is -2.57. The number of nitrogens with zero attached hydrogens (tertiary/aromatic N) is 2. The average Bonchev–Trinajstić information content (AvgIpc) is 2.45. The third kappa shape index (κ3) is 4.43. The van der Waals surface area contributed by atoms with Crippen LogP contribution in [0.1, 0.15) is 32.4 Å². The topological polar surface area (TPSA) is 38.7 Å². The van der Waals surface area contributed by atoms with Crippen molar-refractivity contribution in [1.82, 2.24) is 15.1 Å². The van der Waals surface area contributed by atoms with Crippen molar-refractivity contribution in [3.63, 3.8) is 0 Å². The van der Waals surface area contributed by atoms with Crippen molar-refractivity contribution in [3.05, 3.63) is 29.8 Å². The zero-order valence-electron chi connectivity index (χ0n) is 13.8. The molecule has 0 aliphatic carbocycles. The number of aromatic hydroxyl groups is 1.